The highest BCUT2D eigenvalue weighted by Crippen LogP contribution is 2.36. The van der Waals surface area contributed by atoms with Gasteiger partial charge in [-0.2, -0.15) is 4.98 Å². The molecule has 1 atom stereocenters. The number of ether oxygens (including phenoxy) is 1. The van der Waals surface area contributed by atoms with Gasteiger partial charge in [0.25, 0.3) is 5.91 Å². The first kappa shape index (κ1) is 26.0. The van der Waals surface area contributed by atoms with Crippen LogP contribution in [0.2, 0.25) is 5.02 Å². The Morgan fingerprint density at radius 2 is 2.03 bits per heavy atom. The molecule has 36 heavy (non-hydrogen) atoms. The summed E-state index contributed by atoms with van der Waals surface area (Å²) in [5.41, 5.74) is 8.83. The van der Waals surface area contributed by atoms with Gasteiger partial charge in [-0.25, -0.2) is 13.4 Å². The lowest BCUT2D eigenvalue weighted by atomic mass is 10.1. The molecule has 1 aromatic carbocycles. The fourth-order valence-corrected chi connectivity index (χ4v) is 5.58. The normalized spacial score (nSPS) is 12.8. The fourth-order valence-electron chi connectivity index (χ4n) is 3.68. The molecule has 190 valence electrons. The molecule has 10 nitrogen and oxygen atoms in total. The van der Waals surface area contributed by atoms with Crippen LogP contribution in [0.15, 0.2) is 36.8 Å². The van der Waals surface area contributed by atoms with E-state index in [2.05, 4.69) is 15.0 Å². The van der Waals surface area contributed by atoms with Crippen LogP contribution in [0.1, 0.15) is 39.5 Å². The molecule has 0 aliphatic heterocycles. The Hall–Kier alpha value is -3.06. The molecule has 0 saturated carbocycles. The predicted molar refractivity (Wildman–Crippen MR) is 139 cm³/mol. The molecule has 0 aliphatic carbocycles. The smallest absolute Gasteiger partial charge is 0.264 e. The van der Waals surface area contributed by atoms with Gasteiger partial charge in [-0.3, -0.25) is 14.2 Å². The number of halogens is 1. The fraction of sp³-hybridized carbons (Fsp3) is 0.304. The summed E-state index contributed by atoms with van der Waals surface area (Å²) >= 11 is 7.58. The minimum atomic E-state index is -3.28. The average Bonchev–Trinajstić information content (AvgIpc) is 3.36. The van der Waals surface area contributed by atoms with Crippen LogP contribution in [-0.2, 0) is 22.1 Å². The van der Waals surface area contributed by atoms with Gasteiger partial charge in [0, 0.05) is 29.6 Å². The number of nitrogens with two attached hydrogens (primary N) is 1. The molecular weight excluding hydrogens is 524 g/mol. The van der Waals surface area contributed by atoms with E-state index in [9.17, 15) is 13.2 Å². The number of nitrogens with zero attached hydrogens (tertiary/aromatic N) is 5. The number of hydrogen-bond donors (Lipinski definition) is 1. The molecule has 0 saturated heterocycles. The Labute approximate surface area is 217 Å². The van der Waals surface area contributed by atoms with Crippen molar-refractivity contribution in [2.45, 2.75) is 25.3 Å². The van der Waals surface area contributed by atoms with Gasteiger partial charge in [0.05, 0.1) is 23.8 Å². The van der Waals surface area contributed by atoms with Crippen LogP contribution in [0.25, 0.3) is 16.3 Å². The standard InChI is InChI=1S/C23H25ClN6O4S2/c1-13(16-6-5-14(7-17(16)24)10-29(2)3)34-22-20(21(25)31)35-23(28-22)18-8-27-19-9-26-15(11-30(18)19)12-36(4,32)33/h5-9,11,13H,10,12H2,1-4H3,(H2,25,31)/t13-/m1/s1. The van der Waals surface area contributed by atoms with Crippen molar-refractivity contribution in [1.82, 2.24) is 24.3 Å². The van der Waals surface area contributed by atoms with Crippen LogP contribution in [-0.4, -0.2) is 58.9 Å². The molecule has 4 aromatic rings. The Kier molecular flexibility index (Phi) is 7.32. The van der Waals surface area contributed by atoms with Crippen molar-refractivity contribution < 1.29 is 17.9 Å². The number of sulfone groups is 1. The summed E-state index contributed by atoms with van der Waals surface area (Å²) < 4.78 is 31.1. The zero-order valence-electron chi connectivity index (χ0n) is 20.1. The van der Waals surface area contributed by atoms with E-state index in [4.69, 9.17) is 22.1 Å². The minimum absolute atomic E-state index is 0.0869. The molecule has 0 spiro atoms. The number of imidazole rings is 1. The summed E-state index contributed by atoms with van der Waals surface area (Å²) in [5.74, 6) is -0.810. The number of amides is 1. The van der Waals surface area contributed by atoms with Crippen LogP contribution in [0.5, 0.6) is 5.88 Å². The maximum Gasteiger partial charge on any atom is 0.264 e. The van der Waals surface area contributed by atoms with Gasteiger partial charge >= 0.3 is 0 Å². The number of benzene rings is 1. The lowest BCUT2D eigenvalue weighted by Crippen LogP contribution is -2.13. The molecule has 0 unspecified atom stereocenters. The molecule has 0 fully saturated rings. The molecule has 0 aliphatic rings. The molecule has 2 N–H and O–H groups in total. The second-order valence-electron chi connectivity index (χ2n) is 8.69. The third kappa shape index (κ3) is 5.84. The Morgan fingerprint density at radius 3 is 2.67 bits per heavy atom. The Bertz CT molecular complexity index is 1550. The molecule has 0 bridgehead atoms. The second kappa shape index (κ2) is 10.1. The summed E-state index contributed by atoms with van der Waals surface area (Å²) in [4.78, 5) is 27.4. The van der Waals surface area contributed by atoms with Crippen LogP contribution >= 0.6 is 22.9 Å². The third-order valence-electron chi connectivity index (χ3n) is 5.19. The van der Waals surface area contributed by atoms with Crippen molar-refractivity contribution in [1.29, 1.82) is 0 Å². The van der Waals surface area contributed by atoms with Crippen LogP contribution in [0.3, 0.4) is 0 Å². The largest absolute Gasteiger partial charge is 0.469 e. The van der Waals surface area contributed by atoms with E-state index in [1.165, 1.54) is 6.20 Å². The number of aromatic nitrogens is 4. The SMILES string of the molecule is C[C@@H](Oc1nc(-c2cnc3cnc(CS(C)(=O)=O)cn23)sc1C(N)=O)c1ccc(CN(C)C)cc1Cl. The van der Waals surface area contributed by atoms with Gasteiger partial charge in [-0.1, -0.05) is 23.7 Å². The van der Waals surface area contributed by atoms with Gasteiger partial charge in [-0.15, -0.1) is 11.3 Å². The number of primary amides is 1. The zero-order chi connectivity index (χ0) is 26.2. The topological polar surface area (TPSA) is 133 Å². The molecule has 4 rings (SSSR count). The summed E-state index contributed by atoms with van der Waals surface area (Å²) in [7, 11) is 0.679. The molecule has 1 amide bonds. The summed E-state index contributed by atoms with van der Waals surface area (Å²) in [5, 5.41) is 0.980. The van der Waals surface area contributed by atoms with Crippen molar-refractivity contribution in [2.75, 3.05) is 20.4 Å². The highest BCUT2D eigenvalue weighted by molar-refractivity contribution is 7.89. The molecule has 0 radical (unpaired) electrons. The van der Waals surface area contributed by atoms with E-state index >= 15 is 0 Å². The van der Waals surface area contributed by atoms with Gasteiger partial charge in [0.2, 0.25) is 5.88 Å². The first-order valence-corrected chi connectivity index (χ1v) is 14.1. The molecule has 13 heteroatoms. The highest BCUT2D eigenvalue weighted by atomic mass is 35.5. The Balaban J connectivity index is 1.67. The number of carbonyl (C=O) groups excluding carboxylic acids is 1. The van der Waals surface area contributed by atoms with Gasteiger partial charge in [-0.05, 0) is 32.6 Å². The zero-order valence-corrected chi connectivity index (χ0v) is 22.5. The van der Waals surface area contributed by atoms with Crippen molar-refractivity contribution in [3.8, 4) is 16.6 Å². The minimum Gasteiger partial charge on any atom is -0.469 e. The van der Waals surface area contributed by atoms with Crippen molar-refractivity contribution in [3.05, 3.63) is 63.5 Å². The van der Waals surface area contributed by atoms with E-state index in [-0.39, 0.29) is 16.5 Å². The maximum atomic E-state index is 12.2. The van der Waals surface area contributed by atoms with Crippen molar-refractivity contribution >= 4 is 44.3 Å². The van der Waals surface area contributed by atoms with Gasteiger partial charge in [0.1, 0.15) is 16.8 Å². The van der Waals surface area contributed by atoms with E-state index in [1.54, 1.807) is 16.8 Å². The van der Waals surface area contributed by atoms with Gasteiger partial charge < -0.3 is 15.4 Å². The lowest BCUT2D eigenvalue weighted by molar-refractivity contribution is 0.0997. The third-order valence-corrected chi connectivity index (χ3v) is 7.41. The second-order valence-corrected chi connectivity index (χ2v) is 12.2. The quantitative estimate of drug-likeness (QED) is 0.336. The molecular formula is C23H25ClN6O4S2. The number of hydrogen-bond acceptors (Lipinski definition) is 9. The van der Waals surface area contributed by atoms with Crippen molar-refractivity contribution in [2.24, 2.45) is 5.73 Å². The highest BCUT2D eigenvalue weighted by Gasteiger charge is 2.23. The number of rotatable bonds is 9. The number of fused-ring (bicyclic) bond motifs is 1. The van der Waals surface area contributed by atoms with E-state index in [0.29, 0.717) is 27.1 Å². The van der Waals surface area contributed by atoms with Crippen LogP contribution in [0, 0.1) is 0 Å². The summed E-state index contributed by atoms with van der Waals surface area (Å²) in [6.07, 6.45) is 5.27. The van der Waals surface area contributed by atoms with E-state index < -0.39 is 21.8 Å². The predicted octanol–water partition coefficient (Wildman–Crippen LogP) is 3.35. The van der Waals surface area contributed by atoms with Crippen LogP contribution in [0.4, 0.5) is 0 Å². The number of thiazole rings is 1. The van der Waals surface area contributed by atoms with E-state index in [0.717, 1.165) is 35.3 Å². The first-order valence-electron chi connectivity index (χ1n) is 10.8. The van der Waals surface area contributed by atoms with Crippen LogP contribution < -0.4 is 10.5 Å². The number of carbonyl (C=O) groups is 1. The average molecular weight is 549 g/mol. The maximum absolute atomic E-state index is 12.2. The molecule has 3 heterocycles. The Morgan fingerprint density at radius 1 is 1.28 bits per heavy atom. The molecule has 3 aromatic heterocycles. The van der Waals surface area contributed by atoms with E-state index in [1.807, 2.05) is 44.1 Å². The van der Waals surface area contributed by atoms with Gasteiger partial charge in [0.15, 0.2) is 20.4 Å². The lowest BCUT2D eigenvalue weighted by Gasteiger charge is -2.17. The van der Waals surface area contributed by atoms with Crippen molar-refractivity contribution in [3.63, 3.8) is 0 Å². The first-order chi connectivity index (χ1) is 16.9. The summed E-state index contributed by atoms with van der Waals surface area (Å²) in [6.45, 7) is 2.56. The monoisotopic (exact) mass is 548 g/mol. The summed E-state index contributed by atoms with van der Waals surface area (Å²) in [6, 6.07) is 5.76.